The minimum atomic E-state index is -0.826. The highest BCUT2D eigenvalue weighted by Crippen LogP contribution is 2.33. The van der Waals surface area contributed by atoms with Gasteiger partial charge in [0.1, 0.15) is 18.0 Å². The van der Waals surface area contributed by atoms with E-state index in [0.717, 1.165) is 39.8 Å². The second-order valence-corrected chi connectivity index (χ2v) is 12.3. The van der Waals surface area contributed by atoms with Gasteiger partial charge in [-0.3, -0.25) is 14.6 Å². The number of rotatable bonds is 11. The molecule has 4 aromatic rings. The van der Waals surface area contributed by atoms with Crippen LogP contribution in [0.1, 0.15) is 30.0 Å². The predicted octanol–water partition coefficient (Wildman–Crippen LogP) is 4.22. The van der Waals surface area contributed by atoms with Crippen molar-refractivity contribution in [2.24, 2.45) is 0 Å². The van der Waals surface area contributed by atoms with Gasteiger partial charge in [-0.2, -0.15) is 0 Å². The van der Waals surface area contributed by atoms with Gasteiger partial charge < -0.3 is 24.6 Å². The van der Waals surface area contributed by atoms with E-state index in [1.807, 2.05) is 91.9 Å². The third kappa shape index (κ3) is 6.97. The first-order valence-corrected chi connectivity index (χ1v) is 16.3. The zero-order chi connectivity index (χ0) is 33.6. The number of para-hydroxylation sites is 1. The molecule has 250 valence electrons. The average molecular weight is 651 g/mol. The molecule has 0 radical (unpaired) electrons. The van der Waals surface area contributed by atoms with E-state index in [1.54, 1.807) is 40.2 Å². The second-order valence-electron chi connectivity index (χ2n) is 12.3. The Hall–Kier alpha value is -5.00. The Morgan fingerprint density at radius 1 is 0.938 bits per heavy atom. The Morgan fingerprint density at radius 3 is 2.48 bits per heavy atom. The van der Waals surface area contributed by atoms with Crippen LogP contribution in [-0.4, -0.2) is 94.8 Å². The van der Waals surface area contributed by atoms with E-state index in [2.05, 4.69) is 10.3 Å². The molecule has 48 heavy (non-hydrogen) atoms. The summed E-state index contributed by atoms with van der Waals surface area (Å²) in [6.07, 6.45) is 2.07. The quantitative estimate of drug-likeness (QED) is 0.242. The number of amides is 4. The molecule has 2 aliphatic rings. The molecule has 3 aromatic carbocycles. The van der Waals surface area contributed by atoms with E-state index < -0.39 is 18.2 Å². The lowest BCUT2D eigenvalue weighted by Gasteiger charge is -2.57. The monoisotopic (exact) mass is 650 g/mol. The van der Waals surface area contributed by atoms with Crippen LogP contribution in [0.5, 0.6) is 5.75 Å². The number of piperazine rings is 1. The predicted molar refractivity (Wildman–Crippen MR) is 181 cm³/mol. The molecule has 0 bridgehead atoms. The number of carbonyl (C=O) groups excluding carboxylic acids is 3. The molecule has 0 saturated carbocycles. The fraction of sp³-hybridized carbons (Fsp3) is 0.351. The maximum absolute atomic E-state index is 14.6. The number of nitrogens with zero attached hydrogens (tertiary/aromatic N) is 5. The van der Waals surface area contributed by atoms with Gasteiger partial charge in [0, 0.05) is 58.3 Å². The number of hydrogen-bond donors (Lipinski definition) is 1. The highest BCUT2D eigenvalue weighted by Gasteiger charge is 2.54. The van der Waals surface area contributed by atoms with Crippen LogP contribution in [0.2, 0.25) is 0 Å². The molecule has 4 amide bonds. The van der Waals surface area contributed by atoms with Crippen LogP contribution in [0.4, 0.5) is 4.79 Å². The Labute approximate surface area is 281 Å². The first-order valence-electron chi connectivity index (χ1n) is 16.3. The zero-order valence-corrected chi connectivity index (χ0v) is 27.6. The molecule has 0 spiro atoms. The summed E-state index contributed by atoms with van der Waals surface area (Å²) in [4.78, 5) is 50.4. The van der Waals surface area contributed by atoms with E-state index in [1.165, 1.54) is 0 Å². The molecule has 0 aliphatic carbocycles. The highest BCUT2D eigenvalue weighted by molar-refractivity contribution is 5.92. The maximum Gasteiger partial charge on any atom is 0.334 e. The third-order valence-electron chi connectivity index (χ3n) is 9.05. The van der Waals surface area contributed by atoms with E-state index in [-0.39, 0.29) is 37.4 Å². The third-order valence-corrected chi connectivity index (χ3v) is 9.05. The van der Waals surface area contributed by atoms with Crippen molar-refractivity contribution in [1.29, 1.82) is 0 Å². The van der Waals surface area contributed by atoms with Crippen LogP contribution in [0, 0.1) is 0 Å². The summed E-state index contributed by atoms with van der Waals surface area (Å²) in [7, 11) is 3.40. The summed E-state index contributed by atoms with van der Waals surface area (Å²) in [5.74, 6) is 0.344. The Bertz CT molecular complexity index is 1730. The standard InChI is InChI=1S/C37H42N6O5/c1-26-35-42(33(44)25-40(2)43(35)37(46)39-23-28-10-5-4-6-11-28)32(22-27-15-17-31(18-16-27)48-21-9-20-47-3)36(45)41(26)24-30-13-7-12-29-14-8-19-38-34(29)30/h4-8,10-19,26,32,35H,9,20-25H2,1-3H3,(H,39,46). The number of urea groups is 1. The van der Waals surface area contributed by atoms with Crippen molar-refractivity contribution in [2.45, 2.75) is 51.1 Å². The number of likely N-dealkylation sites (N-methyl/N-ethyl adjacent to an activating group) is 1. The zero-order valence-electron chi connectivity index (χ0n) is 27.6. The summed E-state index contributed by atoms with van der Waals surface area (Å²) in [6, 6.07) is 25.4. The smallest absolute Gasteiger partial charge is 0.334 e. The molecule has 2 aliphatic heterocycles. The summed E-state index contributed by atoms with van der Waals surface area (Å²) in [6.45, 7) is 3.63. The van der Waals surface area contributed by atoms with Gasteiger partial charge >= 0.3 is 6.03 Å². The molecular formula is C37H42N6O5. The van der Waals surface area contributed by atoms with Gasteiger partial charge in [0.05, 0.1) is 24.7 Å². The molecule has 11 nitrogen and oxygen atoms in total. The summed E-state index contributed by atoms with van der Waals surface area (Å²) in [5.41, 5.74) is 3.55. The van der Waals surface area contributed by atoms with Crippen molar-refractivity contribution in [3.8, 4) is 5.75 Å². The second kappa shape index (κ2) is 14.8. The minimum absolute atomic E-state index is 0.0345. The van der Waals surface area contributed by atoms with Gasteiger partial charge in [-0.05, 0) is 41.8 Å². The van der Waals surface area contributed by atoms with Crippen molar-refractivity contribution in [3.05, 3.63) is 108 Å². The lowest BCUT2D eigenvalue weighted by atomic mass is 9.94. The molecular weight excluding hydrogens is 608 g/mol. The van der Waals surface area contributed by atoms with Crippen LogP contribution in [0.15, 0.2) is 91.1 Å². The summed E-state index contributed by atoms with van der Waals surface area (Å²) in [5, 5.41) is 7.26. The molecule has 2 saturated heterocycles. The number of methoxy groups -OCH3 is 1. The van der Waals surface area contributed by atoms with E-state index in [0.29, 0.717) is 19.8 Å². The number of carbonyl (C=O) groups is 3. The van der Waals surface area contributed by atoms with Crippen LogP contribution in [0.25, 0.3) is 10.9 Å². The largest absolute Gasteiger partial charge is 0.494 e. The normalized spacial score (nSPS) is 19.8. The van der Waals surface area contributed by atoms with Crippen LogP contribution in [-0.2, 0) is 33.8 Å². The molecule has 1 N–H and O–H groups in total. The Kier molecular flexibility index (Phi) is 10.2. The first-order chi connectivity index (χ1) is 23.4. The van der Waals surface area contributed by atoms with E-state index >= 15 is 0 Å². The topological polar surface area (TPSA) is 108 Å². The Morgan fingerprint density at radius 2 is 1.71 bits per heavy atom. The molecule has 11 heteroatoms. The van der Waals surface area contributed by atoms with Crippen molar-refractivity contribution in [1.82, 2.24) is 30.1 Å². The summed E-state index contributed by atoms with van der Waals surface area (Å²) < 4.78 is 10.9. The SMILES string of the molecule is COCCCOc1ccc(CC2C(=O)N(Cc3cccc4cccnc34)C(C)C3N2C(=O)CN(C)N3C(=O)NCc2ccccc2)cc1. The number of hydrogen-bond acceptors (Lipinski definition) is 7. The van der Waals surface area contributed by atoms with Gasteiger partial charge in [0.2, 0.25) is 11.8 Å². The molecule has 3 atom stereocenters. The highest BCUT2D eigenvalue weighted by atomic mass is 16.5. The fourth-order valence-corrected chi connectivity index (χ4v) is 6.64. The van der Waals surface area contributed by atoms with Crippen LogP contribution >= 0.6 is 0 Å². The Balaban J connectivity index is 1.32. The fourth-order valence-electron chi connectivity index (χ4n) is 6.64. The molecule has 3 unspecified atom stereocenters. The maximum atomic E-state index is 14.6. The van der Waals surface area contributed by atoms with Crippen molar-refractivity contribution in [3.63, 3.8) is 0 Å². The van der Waals surface area contributed by atoms with E-state index in [9.17, 15) is 14.4 Å². The lowest BCUT2D eigenvalue weighted by Crippen LogP contribution is -2.78. The first kappa shape index (κ1) is 32.9. The average Bonchev–Trinajstić information content (AvgIpc) is 3.10. The van der Waals surface area contributed by atoms with Crippen molar-refractivity contribution >= 4 is 28.7 Å². The molecule has 3 heterocycles. The van der Waals surface area contributed by atoms with Crippen LogP contribution in [0.3, 0.4) is 0 Å². The molecule has 6 rings (SSSR count). The van der Waals surface area contributed by atoms with Gasteiger partial charge in [-0.25, -0.2) is 14.8 Å². The van der Waals surface area contributed by atoms with Gasteiger partial charge in [0.15, 0.2) is 0 Å². The van der Waals surface area contributed by atoms with Crippen LogP contribution < -0.4 is 10.1 Å². The number of fused-ring (bicyclic) bond motifs is 2. The van der Waals surface area contributed by atoms with Gasteiger partial charge in [-0.15, -0.1) is 0 Å². The van der Waals surface area contributed by atoms with Crippen molar-refractivity contribution in [2.75, 3.05) is 33.9 Å². The van der Waals surface area contributed by atoms with Gasteiger partial charge in [0.25, 0.3) is 0 Å². The minimum Gasteiger partial charge on any atom is -0.494 e. The summed E-state index contributed by atoms with van der Waals surface area (Å²) >= 11 is 0. The number of aromatic nitrogens is 1. The van der Waals surface area contributed by atoms with Crippen molar-refractivity contribution < 1.29 is 23.9 Å². The molecule has 2 fully saturated rings. The lowest BCUT2D eigenvalue weighted by molar-refractivity contribution is -0.196. The number of nitrogens with one attached hydrogen (secondary N) is 1. The van der Waals surface area contributed by atoms with E-state index in [4.69, 9.17) is 9.47 Å². The number of benzene rings is 3. The van der Waals surface area contributed by atoms with Gasteiger partial charge in [-0.1, -0.05) is 66.7 Å². The number of pyridine rings is 1. The number of hydrazine groups is 1. The number of ether oxygens (including phenoxy) is 2. The molecule has 1 aromatic heterocycles.